The normalized spacial score (nSPS) is 10.0. The van der Waals surface area contributed by atoms with Gasteiger partial charge in [-0.1, -0.05) is 0 Å². The lowest BCUT2D eigenvalue weighted by Crippen LogP contribution is -2.13. The molecule has 0 radical (unpaired) electrons. The molecule has 0 atom stereocenters. The van der Waals surface area contributed by atoms with E-state index in [1.807, 2.05) is 6.92 Å². The maximum atomic E-state index is 12.2. The summed E-state index contributed by atoms with van der Waals surface area (Å²) in [5, 5.41) is 2.71. The number of pyridine rings is 1. The second-order valence-electron chi connectivity index (χ2n) is 4.45. The number of amides is 1. The highest BCUT2D eigenvalue weighted by atomic mass is 16.5. The molecule has 6 nitrogen and oxygen atoms in total. The van der Waals surface area contributed by atoms with Gasteiger partial charge in [-0.05, 0) is 36.8 Å². The number of nitrogens with zero attached hydrogens (tertiary/aromatic N) is 1. The van der Waals surface area contributed by atoms with Crippen LogP contribution in [-0.4, -0.2) is 25.1 Å². The Bertz CT molecular complexity index is 671. The fourth-order valence-electron chi connectivity index (χ4n) is 1.80. The number of nitrogens with one attached hydrogen (secondary N) is 1. The Morgan fingerprint density at radius 1 is 1.19 bits per heavy atom. The predicted octanol–water partition coefficient (Wildman–Crippen LogP) is 2.24. The molecule has 1 heterocycles. The van der Waals surface area contributed by atoms with E-state index in [2.05, 4.69) is 10.3 Å². The molecule has 0 saturated heterocycles. The maximum absolute atomic E-state index is 12.2. The van der Waals surface area contributed by atoms with Crippen molar-refractivity contribution in [3.63, 3.8) is 0 Å². The van der Waals surface area contributed by atoms with E-state index in [0.29, 0.717) is 28.6 Å². The summed E-state index contributed by atoms with van der Waals surface area (Å²) in [6.45, 7) is 1.85. The number of ether oxygens (including phenoxy) is 2. The third kappa shape index (κ3) is 3.22. The van der Waals surface area contributed by atoms with Gasteiger partial charge in [0, 0.05) is 5.56 Å². The summed E-state index contributed by atoms with van der Waals surface area (Å²) in [5.74, 6) is 1.22. The molecule has 110 valence electrons. The minimum absolute atomic E-state index is 0.285. The first kappa shape index (κ1) is 14.6. The van der Waals surface area contributed by atoms with Crippen LogP contribution in [0.1, 0.15) is 15.9 Å². The smallest absolute Gasteiger partial charge is 0.256 e. The van der Waals surface area contributed by atoms with E-state index in [1.54, 1.807) is 31.4 Å². The molecule has 6 heteroatoms. The molecule has 0 aliphatic rings. The number of anilines is 2. The maximum Gasteiger partial charge on any atom is 0.256 e. The Morgan fingerprint density at radius 2 is 1.90 bits per heavy atom. The number of hydrogen-bond acceptors (Lipinski definition) is 5. The fourth-order valence-corrected chi connectivity index (χ4v) is 1.80. The molecule has 1 aromatic carbocycles. The van der Waals surface area contributed by atoms with Crippen molar-refractivity contribution < 1.29 is 14.3 Å². The van der Waals surface area contributed by atoms with Gasteiger partial charge < -0.3 is 20.5 Å². The number of methoxy groups -OCH3 is 2. The molecular weight excluding hydrogens is 270 g/mol. The molecule has 1 aromatic heterocycles. The van der Waals surface area contributed by atoms with Crippen molar-refractivity contribution in [2.24, 2.45) is 0 Å². The molecule has 0 aliphatic heterocycles. The molecule has 1 amide bonds. The zero-order chi connectivity index (χ0) is 15.4. The summed E-state index contributed by atoms with van der Waals surface area (Å²) in [4.78, 5) is 16.3. The van der Waals surface area contributed by atoms with Crippen LogP contribution < -0.4 is 20.5 Å². The molecule has 2 aromatic rings. The van der Waals surface area contributed by atoms with E-state index in [-0.39, 0.29) is 5.91 Å². The van der Waals surface area contributed by atoms with Crippen LogP contribution >= 0.6 is 0 Å². The lowest BCUT2D eigenvalue weighted by molar-refractivity contribution is 0.102. The second kappa shape index (κ2) is 6.13. The Morgan fingerprint density at radius 3 is 2.52 bits per heavy atom. The van der Waals surface area contributed by atoms with Gasteiger partial charge in [-0.3, -0.25) is 4.79 Å². The second-order valence-corrected chi connectivity index (χ2v) is 4.45. The summed E-state index contributed by atoms with van der Waals surface area (Å²) in [6, 6.07) is 6.66. The lowest BCUT2D eigenvalue weighted by Gasteiger charge is -2.10. The van der Waals surface area contributed by atoms with Gasteiger partial charge in [0.2, 0.25) is 0 Å². The molecule has 0 aliphatic carbocycles. The molecule has 0 unspecified atom stereocenters. The first-order chi connectivity index (χ1) is 10.0. The Balaban J connectivity index is 2.21. The third-order valence-electron chi connectivity index (χ3n) is 3.04. The van der Waals surface area contributed by atoms with Gasteiger partial charge in [0.05, 0.1) is 26.1 Å². The predicted molar refractivity (Wildman–Crippen MR) is 80.9 cm³/mol. The Labute approximate surface area is 122 Å². The number of nitrogens with two attached hydrogens (primary N) is 1. The fraction of sp³-hybridized carbons (Fsp3) is 0.200. The number of hydrogen-bond donors (Lipinski definition) is 2. The number of benzene rings is 1. The topological polar surface area (TPSA) is 86.5 Å². The minimum Gasteiger partial charge on any atom is -0.493 e. The number of aryl methyl sites for hydroxylation is 1. The number of carbonyl (C=O) groups is 1. The number of aromatic nitrogens is 1. The van der Waals surface area contributed by atoms with Gasteiger partial charge >= 0.3 is 0 Å². The first-order valence-corrected chi connectivity index (χ1v) is 6.30. The van der Waals surface area contributed by atoms with E-state index in [4.69, 9.17) is 15.2 Å². The van der Waals surface area contributed by atoms with Crippen molar-refractivity contribution in [1.82, 2.24) is 4.98 Å². The van der Waals surface area contributed by atoms with Crippen LogP contribution in [0.25, 0.3) is 0 Å². The quantitative estimate of drug-likeness (QED) is 0.900. The summed E-state index contributed by atoms with van der Waals surface area (Å²) >= 11 is 0. The van der Waals surface area contributed by atoms with Crippen LogP contribution in [0.3, 0.4) is 0 Å². The van der Waals surface area contributed by atoms with Crippen LogP contribution in [0.5, 0.6) is 11.5 Å². The van der Waals surface area contributed by atoms with Crippen LogP contribution in [-0.2, 0) is 0 Å². The average Bonchev–Trinajstić information content (AvgIpc) is 2.50. The van der Waals surface area contributed by atoms with E-state index in [0.717, 1.165) is 5.56 Å². The molecule has 0 bridgehead atoms. The van der Waals surface area contributed by atoms with E-state index >= 15 is 0 Å². The summed E-state index contributed by atoms with van der Waals surface area (Å²) in [7, 11) is 3.06. The van der Waals surface area contributed by atoms with E-state index in [9.17, 15) is 4.79 Å². The van der Waals surface area contributed by atoms with Crippen LogP contribution in [0.4, 0.5) is 11.5 Å². The van der Waals surface area contributed by atoms with Gasteiger partial charge in [-0.2, -0.15) is 0 Å². The van der Waals surface area contributed by atoms with Crippen molar-refractivity contribution in [2.45, 2.75) is 6.92 Å². The molecule has 0 fully saturated rings. The zero-order valence-electron chi connectivity index (χ0n) is 12.1. The van der Waals surface area contributed by atoms with Crippen molar-refractivity contribution in [1.29, 1.82) is 0 Å². The standard InChI is InChI=1S/C15H17N3O3/c1-9-6-14(17-8-11(9)16)18-15(19)10-4-5-12(20-2)13(7-10)21-3/h4-8H,16H2,1-3H3,(H,17,18,19). The molecular formula is C15H17N3O3. The Kier molecular flexibility index (Phi) is 4.27. The number of carbonyl (C=O) groups excluding carboxylic acids is 1. The Hall–Kier alpha value is -2.76. The summed E-state index contributed by atoms with van der Waals surface area (Å²) in [6.07, 6.45) is 1.51. The first-order valence-electron chi connectivity index (χ1n) is 6.30. The highest BCUT2D eigenvalue weighted by Crippen LogP contribution is 2.27. The molecule has 3 N–H and O–H groups in total. The van der Waals surface area contributed by atoms with Crippen LogP contribution in [0.2, 0.25) is 0 Å². The monoisotopic (exact) mass is 287 g/mol. The average molecular weight is 287 g/mol. The van der Waals surface area contributed by atoms with Gasteiger partial charge in [0.1, 0.15) is 5.82 Å². The highest BCUT2D eigenvalue weighted by Gasteiger charge is 2.11. The van der Waals surface area contributed by atoms with Crippen LogP contribution in [0, 0.1) is 6.92 Å². The van der Waals surface area contributed by atoms with Crippen molar-refractivity contribution in [3.8, 4) is 11.5 Å². The van der Waals surface area contributed by atoms with Gasteiger partial charge in [-0.15, -0.1) is 0 Å². The zero-order valence-corrected chi connectivity index (χ0v) is 12.1. The van der Waals surface area contributed by atoms with E-state index < -0.39 is 0 Å². The molecule has 0 spiro atoms. The molecule has 0 saturated carbocycles. The largest absolute Gasteiger partial charge is 0.493 e. The van der Waals surface area contributed by atoms with E-state index in [1.165, 1.54) is 13.3 Å². The number of rotatable bonds is 4. The van der Waals surface area contributed by atoms with Crippen molar-refractivity contribution in [2.75, 3.05) is 25.3 Å². The number of nitrogen functional groups attached to an aromatic ring is 1. The van der Waals surface area contributed by atoms with Gasteiger partial charge in [0.25, 0.3) is 5.91 Å². The summed E-state index contributed by atoms with van der Waals surface area (Å²) < 4.78 is 10.3. The lowest BCUT2D eigenvalue weighted by atomic mass is 10.2. The van der Waals surface area contributed by atoms with Crippen LogP contribution in [0.15, 0.2) is 30.5 Å². The highest BCUT2D eigenvalue weighted by molar-refractivity contribution is 6.04. The van der Waals surface area contributed by atoms with Gasteiger partial charge in [-0.25, -0.2) is 4.98 Å². The van der Waals surface area contributed by atoms with Crippen molar-refractivity contribution >= 4 is 17.4 Å². The third-order valence-corrected chi connectivity index (χ3v) is 3.04. The summed E-state index contributed by atoms with van der Waals surface area (Å²) in [5.41, 5.74) is 7.58. The molecule has 2 rings (SSSR count). The SMILES string of the molecule is COc1ccc(C(=O)Nc2cc(C)c(N)cn2)cc1OC. The van der Waals surface area contributed by atoms with Crippen molar-refractivity contribution in [3.05, 3.63) is 41.6 Å². The van der Waals surface area contributed by atoms with Gasteiger partial charge in [0.15, 0.2) is 11.5 Å². The molecule has 21 heavy (non-hydrogen) atoms. The minimum atomic E-state index is -0.285.